The van der Waals surface area contributed by atoms with Crippen molar-refractivity contribution in [2.75, 3.05) is 7.11 Å². The minimum absolute atomic E-state index is 0.149. The van der Waals surface area contributed by atoms with E-state index in [0.717, 1.165) is 22.6 Å². The number of hydrazone groups is 1. The number of para-hydroxylation sites is 1. The highest BCUT2D eigenvalue weighted by Gasteiger charge is 2.14. The summed E-state index contributed by atoms with van der Waals surface area (Å²) < 4.78 is 32.0. The van der Waals surface area contributed by atoms with Gasteiger partial charge in [0.2, 0.25) is 0 Å². The number of ether oxygens (including phenoxy) is 1. The van der Waals surface area contributed by atoms with E-state index in [2.05, 4.69) is 9.93 Å². The number of rotatable bonds is 7. The van der Waals surface area contributed by atoms with Crippen molar-refractivity contribution in [2.24, 2.45) is 5.10 Å². The molecule has 162 valence electrons. The Bertz CT molecular complexity index is 1330. The highest BCUT2D eigenvalue weighted by Crippen LogP contribution is 2.25. The minimum atomic E-state index is -3.77. The number of sulfonamides is 1. The summed E-state index contributed by atoms with van der Waals surface area (Å²) in [7, 11) is -2.16. The van der Waals surface area contributed by atoms with Crippen LogP contribution in [0, 0.1) is 6.92 Å². The highest BCUT2D eigenvalue weighted by atomic mass is 32.2. The van der Waals surface area contributed by atoms with E-state index in [-0.39, 0.29) is 4.90 Å². The molecule has 8 heteroatoms. The van der Waals surface area contributed by atoms with Crippen LogP contribution in [0.25, 0.3) is 16.9 Å². The normalized spacial score (nSPS) is 11.6. The molecule has 1 aromatic heterocycles. The molecule has 0 aliphatic rings. The van der Waals surface area contributed by atoms with Crippen molar-refractivity contribution in [3.05, 3.63) is 96.2 Å². The fourth-order valence-electron chi connectivity index (χ4n) is 3.10. The Morgan fingerprint density at radius 1 is 0.969 bits per heavy atom. The summed E-state index contributed by atoms with van der Waals surface area (Å²) >= 11 is 0. The number of hydrogen-bond donors (Lipinski definition) is 1. The van der Waals surface area contributed by atoms with Crippen LogP contribution in [0.15, 0.2) is 95.1 Å². The number of aryl methyl sites for hydroxylation is 1. The average molecular weight is 447 g/mol. The first kappa shape index (κ1) is 21.3. The number of methoxy groups -OCH3 is 1. The van der Waals surface area contributed by atoms with Gasteiger partial charge in [-0.3, -0.25) is 0 Å². The third kappa shape index (κ3) is 4.70. The predicted molar refractivity (Wildman–Crippen MR) is 125 cm³/mol. The van der Waals surface area contributed by atoms with Crippen molar-refractivity contribution in [1.82, 2.24) is 14.6 Å². The van der Waals surface area contributed by atoms with Crippen molar-refractivity contribution in [1.29, 1.82) is 0 Å². The van der Waals surface area contributed by atoms with Crippen molar-refractivity contribution in [3.8, 4) is 22.7 Å². The number of aromatic nitrogens is 2. The molecule has 0 fully saturated rings. The molecule has 7 nitrogen and oxygen atoms in total. The van der Waals surface area contributed by atoms with Crippen LogP contribution in [0.3, 0.4) is 0 Å². The second kappa shape index (κ2) is 9.07. The van der Waals surface area contributed by atoms with Crippen LogP contribution in [0.5, 0.6) is 5.75 Å². The maximum atomic E-state index is 12.5. The summed E-state index contributed by atoms with van der Waals surface area (Å²) in [4.78, 5) is 2.42. The maximum Gasteiger partial charge on any atom is 0.276 e. The molecule has 0 spiro atoms. The van der Waals surface area contributed by atoms with Gasteiger partial charge < -0.3 is 4.74 Å². The summed E-state index contributed by atoms with van der Waals surface area (Å²) in [5.41, 5.74) is 4.02. The zero-order chi connectivity index (χ0) is 22.6. The number of hydrogen-bond acceptors (Lipinski definition) is 5. The van der Waals surface area contributed by atoms with Crippen molar-refractivity contribution in [3.63, 3.8) is 0 Å². The molecular formula is C24H22N4O3S. The van der Waals surface area contributed by atoms with Crippen molar-refractivity contribution >= 4 is 16.2 Å². The topological polar surface area (TPSA) is 85.6 Å². The van der Waals surface area contributed by atoms with Gasteiger partial charge >= 0.3 is 0 Å². The van der Waals surface area contributed by atoms with Crippen LogP contribution in [0.4, 0.5) is 0 Å². The van der Waals surface area contributed by atoms with Crippen molar-refractivity contribution in [2.45, 2.75) is 11.8 Å². The van der Waals surface area contributed by atoms with E-state index in [4.69, 9.17) is 9.84 Å². The molecular weight excluding hydrogens is 424 g/mol. The summed E-state index contributed by atoms with van der Waals surface area (Å²) in [5, 5.41) is 8.69. The van der Waals surface area contributed by atoms with Gasteiger partial charge in [0.05, 0.1) is 23.9 Å². The average Bonchev–Trinajstić information content (AvgIpc) is 3.24. The van der Waals surface area contributed by atoms with E-state index in [9.17, 15) is 8.42 Å². The first-order valence-electron chi connectivity index (χ1n) is 9.87. The molecule has 4 rings (SSSR count). The van der Waals surface area contributed by atoms with Gasteiger partial charge in [-0.2, -0.15) is 18.6 Å². The quantitative estimate of drug-likeness (QED) is 0.341. The molecule has 0 bridgehead atoms. The Hall–Kier alpha value is -3.91. The predicted octanol–water partition coefficient (Wildman–Crippen LogP) is 4.17. The van der Waals surface area contributed by atoms with Crippen LogP contribution in [0.2, 0.25) is 0 Å². The molecule has 1 N–H and O–H groups in total. The van der Waals surface area contributed by atoms with Gasteiger partial charge in [0.1, 0.15) is 11.4 Å². The van der Waals surface area contributed by atoms with Crippen LogP contribution in [0.1, 0.15) is 11.1 Å². The van der Waals surface area contributed by atoms with Crippen LogP contribution in [-0.2, 0) is 10.0 Å². The van der Waals surface area contributed by atoms with E-state index in [1.165, 1.54) is 6.21 Å². The zero-order valence-corrected chi connectivity index (χ0v) is 18.5. The highest BCUT2D eigenvalue weighted by molar-refractivity contribution is 7.89. The zero-order valence-electron chi connectivity index (χ0n) is 17.6. The smallest absolute Gasteiger partial charge is 0.276 e. The lowest BCUT2D eigenvalue weighted by Gasteiger charge is -2.04. The molecule has 0 radical (unpaired) electrons. The second-order valence-electron chi connectivity index (χ2n) is 7.11. The summed E-state index contributed by atoms with van der Waals surface area (Å²) in [6, 6.07) is 23.7. The molecule has 0 amide bonds. The Labute approximate surface area is 187 Å². The lowest BCUT2D eigenvalue weighted by atomic mass is 10.1. The van der Waals surface area contributed by atoms with E-state index in [0.29, 0.717) is 11.3 Å². The molecule has 0 unspecified atom stereocenters. The maximum absolute atomic E-state index is 12.5. The Morgan fingerprint density at radius 2 is 1.66 bits per heavy atom. The molecule has 1 heterocycles. The Kier molecular flexibility index (Phi) is 6.04. The van der Waals surface area contributed by atoms with Gasteiger partial charge in [0.25, 0.3) is 10.0 Å². The summed E-state index contributed by atoms with van der Waals surface area (Å²) in [6.45, 7) is 1.90. The first-order valence-corrected chi connectivity index (χ1v) is 11.4. The third-order valence-corrected chi connectivity index (χ3v) is 6.07. The van der Waals surface area contributed by atoms with Gasteiger partial charge in [-0.25, -0.2) is 9.51 Å². The number of nitrogens with zero attached hydrogens (tertiary/aromatic N) is 3. The molecule has 3 aromatic carbocycles. The third-order valence-electron chi connectivity index (χ3n) is 4.83. The Balaban J connectivity index is 1.67. The van der Waals surface area contributed by atoms with Gasteiger partial charge in [-0.15, -0.1) is 0 Å². The lowest BCUT2D eigenvalue weighted by molar-refractivity contribution is 0.415. The fourth-order valence-corrected chi connectivity index (χ4v) is 3.89. The summed E-state index contributed by atoms with van der Waals surface area (Å²) in [5.74, 6) is 0.734. The Morgan fingerprint density at radius 3 is 2.31 bits per heavy atom. The van der Waals surface area contributed by atoms with E-state index >= 15 is 0 Å². The molecule has 4 aromatic rings. The SMILES string of the molecule is COc1ccc(-c2nn(-c3ccccc3)cc2/C=N\NS(=O)(=O)c2ccc(C)cc2)cc1. The van der Waals surface area contributed by atoms with Crippen molar-refractivity contribution < 1.29 is 13.2 Å². The molecule has 0 aliphatic heterocycles. The van der Waals surface area contributed by atoms with Gasteiger partial charge in [-0.1, -0.05) is 35.9 Å². The van der Waals surface area contributed by atoms with Crippen LogP contribution in [-0.4, -0.2) is 31.5 Å². The van der Waals surface area contributed by atoms with Gasteiger partial charge in [0, 0.05) is 17.3 Å². The van der Waals surface area contributed by atoms with Gasteiger partial charge in [-0.05, 0) is 55.5 Å². The molecule has 0 saturated carbocycles. The van der Waals surface area contributed by atoms with E-state index in [1.54, 1.807) is 42.3 Å². The van der Waals surface area contributed by atoms with Crippen LogP contribution >= 0.6 is 0 Å². The van der Waals surface area contributed by atoms with Crippen LogP contribution < -0.4 is 9.57 Å². The minimum Gasteiger partial charge on any atom is -0.497 e. The van der Waals surface area contributed by atoms with Gasteiger partial charge in [0.15, 0.2) is 0 Å². The monoisotopic (exact) mass is 446 g/mol. The number of nitrogens with one attached hydrogen (secondary N) is 1. The molecule has 32 heavy (non-hydrogen) atoms. The second-order valence-corrected chi connectivity index (χ2v) is 8.77. The fraction of sp³-hybridized carbons (Fsp3) is 0.0833. The van der Waals surface area contributed by atoms with E-state index in [1.807, 2.05) is 61.5 Å². The largest absolute Gasteiger partial charge is 0.497 e. The molecule has 0 aliphatic carbocycles. The number of benzene rings is 3. The lowest BCUT2D eigenvalue weighted by Crippen LogP contribution is -2.18. The molecule has 0 atom stereocenters. The summed E-state index contributed by atoms with van der Waals surface area (Å²) in [6.07, 6.45) is 3.26. The first-order chi connectivity index (χ1) is 15.5. The van der Waals surface area contributed by atoms with E-state index < -0.39 is 10.0 Å². The molecule has 0 saturated heterocycles. The standard InChI is InChI=1S/C24H22N4O3S/c1-18-8-14-23(15-9-18)32(29,30)27-25-16-20-17-28(21-6-4-3-5-7-21)26-24(20)19-10-12-22(31-2)13-11-19/h3-17,27H,1-2H3/b25-16-.